The van der Waals surface area contributed by atoms with E-state index in [0.29, 0.717) is 6.54 Å². The molecule has 0 aromatic heterocycles. The highest BCUT2D eigenvalue weighted by Crippen LogP contribution is 2.43. The summed E-state index contributed by atoms with van der Waals surface area (Å²) >= 11 is 1.30. The predicted octanol–water partition coefficient (Wildman–Crippen LogP) is 2.45. The number of hydrogen-bond donors (Lipinski definition) is 1. The minimum absolute atomic E-state index is 0.136. The van der Waals surface area contributed by atoms with E-state index in [1.807, 2.05) is 6.92 Å². The van der Waals surface area contributed by atoms with Gasteiger partial charge in [-0.3, -0.25) is 9.59 Å². The number of nitrogens with one attached hydrogen (secondary N) is 1. The van der Waals surface area contributed by atoms with Crippen LogP contribution in [0.15, 0.2) is 18.2 Å². The second kappa shape index (κ2) is 7.09. The van der Waals surface area contributed by atoms with Crippen LogP contribution in [0.4, 0.5) is 8.78 Å². The minimum atomic E-state index is -0.678. The van der Waals surface area contributed by atoms with Crippen molar-refractivity contribution in [2.45, 2.75) is 30.9 Å². The molecule has 120 valence electrons. The fraction of sp³-hybridized carbons (Fsp3) is 0.467. The zero-order valence-corrected chi connectivity index (χ0v) is 13.3. The standard InChI is InChI=1S/C15H18F2N2O2S/c1-3-18-13(20)6-7-19-14(21)9(2)22-15(19)11-5-4-10(16)8-12(11)17/h4-5,8-9,15H,3,6-7H2,1-2H3,(H,18,20)/t9-,15+/m1/s1. The van der Waals surface area contributed by atoms with Crippen LogP contribution in [-0.4, -0.2) is 35.1 Å². The first-order valence-electron chi connectivity index (χ1n) is 7.11. The van der Waals surface area contributed by atoms with Crippen LogP contribution in [0, 0.1) is 11.6 Å². The van der Waals surface area contributed by atoms with Gasteiger partial charge < -0.3 is 10.2 Å². The number of carbonyl (C=O) groups is 2. The first kappa shape index (κ1) is 16.7. The van der Waals surface area contributed by atoms with E-state index in [1.54, 1.807) is 6.92 Å². The van der Waals surface area contributed by atoms with Gasteiger partial charge in [-0.1, -0.05) is 6.07 Å². The minimum Gasteiger partial charge on any atom is -0.356 e. The monoisotopic (exact) mass is 328 g/mol. The first-order chi connectivity index (χ1) is 10.4. The lowest BCUT2D eigenvalue weighted by Gasteiger charge is -2.24. The Bertz CT molecular complexity index is 583. The van der Waals surface area contributed by atoms with Crippen molar-refractivity contribution in [3.63, 3.8) is 0 Å². The van der Waals surface area contributed by atoms with Crippen LogP contribution in [0.2, 0.25) is 0 Å². The summed E-state index contributed by atoms with van der Waals surface area (Å²) in [5.41, 5.74) is 0.264. The molecule has 1 aliphatic heterocycles. The van der Waals surface area contributed by atoms with E-state index < -0.39 is 17.0 Å². The maximum absolute atomic E-state index is 14.0. The van der Waals surface area contributed by atoms with E-state index in [0.717, 1.165) is 6.07 Å². The van der Waals surface area contributed by atoms with Crippen LogP contribution < -0.4 is 5.32 Å². The third-order valence-corrected chi connectivity index (χ3v) is 4.81. The molecule has 1 saturated heterocycles. The molecule has 4 nitrogen and oxygen atoms in total. The molecule has 1 N–H and O–H groups in total. The van der Waals surface area contributed by atoms with Crippen LogP contribution >= 0.6 is 11.8 Å². The van der Waals surface area contributed by atoms with Crippen LogP contribution in [0.3, 0.4) is 0 Å². The molecule has 0 aliphatic carbocycles. The molecule has 1 aromatic carbocycles. The summed E-state index contributed by atoms with van der Waals surface area (Å²) in [6.45, 7) is 4.29. The van der Waals surface area contributed by atoms with Gasteiger partial charge in [0.15, 0.2) is 0 Å². The van der Waals surface area contributed by atoms with Crippen molar-refractivity contribution in [3.05, 3.63) is 35.4 Å². The van der Waals surface area contributed by atoms with Crippen molar-refractivity contribution in [3.8, 4) is 0 Å². The Kier molecular flexibility index (Phi) is 5.39. The number of carbonyl (C=O) groups excluding carboxylic acids is 2. The van der Waals surface area contributed by atoms with Gasteiger partial charge in [0.2, 0.25) is 11.8 Å². The molecule has 0 unspecified atom stereocenters. The smallest absolute Gasteiger partial charge is 0.236 e. The summed E-state index contributed by atoms with van der Waals surface area (Å²) in [7, 11) is 0. The average Bonchev–Trinajstić information content (AvgIpc) is 2.73. The molecule has 1 aliphatic rings. The third-order valence-electron chi connectivity index (χ3n) is 3.43. The number of halogens is 2. The quantitative estimate of drug-likeness (QED) is 0.903. The Morgan fingerprint density at radius 1 is 1.41 bits per heavy atom. The number of thioether (sulfide) groups is 1. The van der Waals surface area contributed by atoms with Crippen molar-refractivity contribution in [1.29, 1.82) is 0 Å². The van der Waals surface area contributed by atoms with Gasteiger partial charge in [-0.15, -0.1) is 11.8 Å². The van der Waals surface area contributed by atoms with Gasteiger partial charge in [-0.05, 0) is 19.9 Å². The van der Waals surface area contributed by atoms with Gasteiger partial charge in [0, 0.05) is 31.1 Å². The largest absolute Gasteiger partial charge is 0.356 e. The Labute approximate surface area is 132 Å². The lowest BCUT2D eigenvalue weighted by molar-refractivity contribution is -0.130. The van der Waals surface area contributed by atoms with Crippen molar-refractivity contribution in [1.82, 2.24) is 10.2 Å². The Morgan fingerprint density at radius 2 is 2.14 bits per heavy atom. The van der Waals surface area contributed by atoms with Crippen molar-refractivity contribution < 1.29 is 18.4 Å². The zero-order chi connectivity index (χ0) is 16.3. The van der Waals surface area contributed by atoms with Gasteiger partial charge in [0.05, 0.1) is 5.25 Å². The summed E-state index contributed by atoms with van der Waals surface area (Å²) in [6.07, 6.45) is 0.159. The van der Waals surface area contributed by atoms with Crippen LogP contribution in [0.5, 0.6) is 0 Å². The molecule has 0 radical (unpaired) electrons. The van der Waals surface area contributed by atoms with Gasteiger partial charge in [0.1, 0.15) is 17.0 Å². The second-order valence-electron chi connectivity index (χ2n) is 5.03. The molecule has 1 heterocycles. The van der Waals surface area contributed by atoms with E-state index in [4.69, 9.17) is 0 Å². The van der Waals surface area contributed by atoms with E-state index in [2.05, 4.69) is 5.32 Å². The van der Waals surface area contributed by atoms with Crippen molar-refractivity contribution >= 4 is 23.6 Å². The van der Waals surface area contributed by atoms with Gasteiger partial charge in [0.25, 0.3) is 0 Å². The lowest BCUT2D eigenvalue weighted by Crippen LogP contribution is -2.34. The molecule has 0 saturated carbocycles. The second-order valence-corrected chi connectivity index (χ2v) is 6.46. The normalized spacial score (nSPS) is 21.3. The van der Waals surface area contributed by atoms with Gasteiger partial charge >= 0.3 is 0 Å². The molecule has 0 spiro atoms. The highest BCUT2D eigenvalue weighted by Gasteiger charge is 2.39. The van der Waals surface area contributed by atoms with Crippen LogP contribution in [0.25, 0.3) is 0 Å². The molecule has 2 amide bonds. The Morgan fingerprint density at radius 3 is 2.77 bits per heavy atom. The zero-order valence-electron chi connectivity index (χ0n) is 12.4. The fourth-order valence-corrected chi connectivity index (χ4v) is 3.68. The number of rotatable bonds is 5. The van der Waals surface area contributed by atoms with Crippen molar-refractivity contribution in [2.24, 2.45) is 0 Å². The lowest BCUT2D eigenvalue weighted by atomic mass is 10.1. The average molecular weight is 328 g/mol. The maximum atomic E-state index is 14.0. The first-order valence-corrected chi connectivity index (χ1v) is 8.06. The number of amides is 2. The molecule has 1 aromatic rings. The summed E-state index contributed by atoms with van der Waals surface area (Å²) in [4.78, 5) is 25.3. The molecule has 7 heteroatoms. The van der Waals surface area contributed by atoms with E-state index in [1.165, 1.54) is 28.8 Å². The number of nitrogens with zero attached hydrogens (tertiary/aromatic N) is 1. The SMILES string of the molecule is CCNC(=O)CCN1C(=O)[C@@H](C)S[C@H]1c1ccc(F)cc1F. The molecular formula is C15H18F2N2O2S. The van der Waals surface area contributed by atoms with Crippen molar-refractivity contribution in [2.75, 3.05) is 13.1 Å². The number of benzene rings is 1. The van der Waals surface area contributed by atoms with Gasteiger partial charge in [-0.25, -0.2) is 8.78 Å². The van der Waals surface area contributed by atoms with Gasteiger partial charge in [-0.2, -0.15) is 0 Å². The summed E-state index contributed by atoms with van der Waals surface area (Å²) in [6, 6.07) is 3.34. The summed E-state index contributed by atoms with van der Waals surface area (Å²) in [5, 5.41) is 1.82. The third kappa shape index (κ3) is 3.58. The molecule has 1 fully saturated rings. The highest BCUT2D eigenvalue weighted by atomic mass is 32.2. The molecular weight excluding hydrogens is 310 g/mol. The predicted molar refractivity (Wildman–Crippen MR) is 81.2 cm³/mol. The molecule has 22 heavy (non-hydrogen) atoms. The topological polar surface area (TPSA) is 49.4 Å². The summed E-state index contributed by atoms with van der Waals surface area (Å²) < 4.78 is 27.0. The van der Waals surface area contributed by atoms with E-state index in [9.17, 15) is 18.4 Å². The van der Waals surface area contributed by atoms with Crippen LogP contribution in [-0.2, 0) is 9.59 Å². The number of hydrogen-bond acceptors (Lipinski definition) is 3. The molecule has 2 atom stereocenters. The van der Waals surface area contributed by atoms with E-state index in [-0.39, 0.29) is 35.6 Å². The highest BCUT2D eigenvalue weighted by molar-refractivity contribution is 8.01. The fourth-order valence-electron chi connectivity index (χ4n) is 2.35. The maximum Gasteiger partial charge on any atom is 0.236 e. The Hall–Kier alpha value is -1.63. The Balaban J connectivity index is 2.17. The van der Waals surface area contributed by atoms with Crippen LogP contribution in [0.1, 0.15) is 31.2 Å². The molecule has 0 bridgehead atoms. The molecule has 2 rings (SSSR count). The van der Waals surface area contributed by atoms with E-state index >= 15 is 0 Å². The summed E-state index contributed by atoms with van der Waals surface area (Å²) in [5.74, 6) is -1.62.